The maximum atomic E-state index is 12.8. The molecule has 1 aliphatic rings. The van der Waals surface area contributed by atoms with Crippen molar-refractivity contribution in [2.45, 2.75) is 33.1 Å². The number of carbonyl (C=O) groups excluding carboxylic acids is 1. The fourth-order valence-corrected chi connectivity index (χ4v) is 3.27. The van der Waals surface area contributed by atoms with Crippen molar-refractivity contribution in [3.8, 4) is 0 Å². The Labute approximate surface area is 151 Å². The van der Waals surface area contributed by atoms with Crippen molar-refractivity contribution in [3.05, 3.63) is 70.7 Å². The van der Waals surface area contributed by atoms with Crippen LogP contribution in [0.15, 0.2) is 40.9 Å². The van der Waals surface area contributed by atoms with Crippen LogP contribution in [0.2, 0.25) is 0 Å². The molecule has 0 aromatic carbocycles. The van der Waals surface area contributed by atoms with Crippen molar-refractivity contribution in [1.82, 2.24) is 25.0 Å². The first-order valence-electron chi connectivity index (χ1n) is 8.59. The van der Waals surface area contributed by atoms with Crippen molar-refractivity contribution in [1.29, 1.82) is 0 Å². The summed E-state index contributed by atoms with van der Waals surface area (Å²) in [5, 5.41) is 7.28. The van der Waals surface area contributed by atoms with Gasteiger partial charge in [-0.1, -0.05) is 6.07 Å². The Hall–Kier alpha value is -2.93. The Kier molecular flexibility index (Phi) is 4.30. The number of carbonyl (C=O) groups is 1. The standard InChI is InChI=1S/C19H21N5O2/c1-13-6-7-15(26-13)10-24-11-16-17(12-24)21-22-18(16)19(25)23(2)9-14-5-3-4-8-20-14/h3-8H,9-12H2,1-2H3,(H,21,22). The van der Waals surface area contributed by atoms with Gasteiger partial charge in [0.05, 0.1) is 24.5 Å². The van der Waals surface area contributed by atoms with E-state index in [-0.39, 0.29) is 5.91 Å². The van der Waals surface area contributed by atoms with Gasteiger partial charge in [-0.2, -0.15) is 5.10 Å². The molecule has 0 aliphatic carbocycles. The maximum Gasteiger partial charge on any atom is 0.274 e. The van der Waals surface area contributed by atoms with Crippen molar-refractivity contribution in [3.63, 3.8) is 0 Å². The van der Waals surface area contributed by atoms with E-state index >= 15 is 0 Å². The highest BCUT2D eigenvalue weighted by Gasteiger charge is 2.29. The predicted molar refractivity (Wildman–Crippen MR) is 95.0 cm³/mol. The minimum absolute atomic E-state index is 0.0937. The Bertz CT molecular complexity index is 915. The van der Waals surface area contributed by atoms with Gasteiger partial charge >= 0.3 is 0 Å². The minimum Gasteiger partial charge on any atom is -0.465 e. The molecule has 1 N–H and O–H groups in total. The molecule has 0 bridgehead atoms. The van der Waals surface area contributed by atoms with E-state index in [0.717, 1.165) is 35.0 Å². The molecule has 0 saturated heterocycles. The predicted octanol–water partition coefficient (Wildman–Crippen LogP) is 2.49. The lowest BCUT2D eigenvalue weighted by atomic mass is 10.2. The van der Waals surface area contributed by atoms with Gasteiger partial charge in [0.15, 0.2) is 5.69 Å². The van der Waals surface area contributed by atoms with Gasteiger partial charge < -0.3 is 9.32 Å². The van der Waals surface area contributed by atoms with E-state index < -0.39 is 0 Å². The van der Waals surface area contributed by atoms with Crippen LogP contribution in [0.4, 0.5) is 0 Å². The van der Waals surface area contributed by atoms with Crippen molar-refractivity contribution >= 4 is 5.91 Å². The van der Waals surface area contributed by atoms with Crippen LogP contribution >= 0.6 is 0 Å². The number of aromatic nitrogens is 3. The molecule has 0 spiro atoms. The van der Waals surface area contributed by atoms with Crippen LogP contribution < -0.4 is 0 Å². The summed E-state index contributed by atoms with van der Waals surface area (Å²) in [6.45, 7) is 4.53. The zero-order valence-corrected chi connectivity index (χ0v) is 14.9. The average Bonchev–Trinajstić information content (AvgIpc) is 3.31. The van der Waals surface area contributed by atoms with E-state index in [1.807, 2.05) is 37.3 Å². The van der Waals surface area contributed by atoms with Gasteiger partial charge in [0, 0.05) is 31.9 Å². The molecule has 0 saturated carbocycles. The monoisotopic (exact) mass is 351 g/mol. The van der Waals surface area contributed by atoms with Gasteiger partial charge in [0.1, 0.15) is 11.5 Å². The number of aromatic amines is 1. The molecule has 0 radical (unpaired) electrons. The zero-order valence-electron chi connectivity index (χ0n) is 14.9. The molecule has 0 atom stereocenters. The van der Waals surface area contributed by atoms with Crippen LogP contribution in [0.25, 0.3) is 0 Å². The van der Waals surface area contributed by atoms with Crippen LogP contribution in [0.3, 0.4) is 0 Å². The minimum atomic E-state index is -0.0937. The van der Waals surface area contributed by atoms with E-state index in [2.05, 4.69) is 20.1 Å². The third-order valence-electron chi connectivity index (χ3n) is 4.57. The summed E-state index contributed by atoms with van der Waals surface area (Å²) in [5.74, 6) is 1.75. The molecule has 3 aromatic heterocycles. The smallest absolute Gasteiger partial charge is 0.274 e. The summed E-state index contributed by atoms with van der Waals surface area (Å²) >= 11 is 0. The molecule has 26 heavy (non-hydrogen) atoms. The second kappa shape index (κ2) is 6.76. The molecule has 4 rings (SSSR count). The fourth-order valence-electron chi connectivity index (χ4n) is 3.27. The summed E-state index contributed by atoms with van der Waals surface area (Å²) in [6, 6.07) is 9.65. The average molecular weight is 351 g/mol. The van der Waals surface area contributed by atoms with Gasteiger partial charge in [-0.25, -0.2) is 0 Å². The first-order valence-corrected chi connectivity index (χ1v) is 8.59. The molecule has 1 amide bonds. The lowest BCUT2D eigenvalue weighted by molar-refractivity contribution is 0.0775. The molecule has 7 heteroatoms. The van der Waals surface area contributed by atoms with Gasteiger partial charge in [-0.05, 0) is 31.2 Å². The number of amides is 1. The van der Waals surface area contributed by atoms with E-state index in [1.54, 1.807) is 18.1 Å². The van der Waals surface area contributed by atoms with E-state index in [9.17, 15) is 4.79 Å². The number of hydrogen-bond acceptors (Lipinski definition) is 5. The van der Waals surface area contributed by atoms with Crippen molar-refractivity contribution in [2.75, 3.05) is 7.05 Å². The maximum absolute atomic E-state index is 12.8. The SMILES string of the molecule is Cc1ccc(CN2Cc3[nH]nc(C(=O)N(C)Cc4ccccn4)c3C2)o1. The quantitative estimate of drug-likeness (QED) is 0.764. The molecular formula is C19H21N5O2. The molecule has 4 heterocycles. The number of rotatable bonds is 5. The highest BCUT2D eigenvalue weighted by atomic mass is 16.3. The second-order valence-electron chi connectivity index (χ2n) is 6.67. The van der Waals surface area contributed by atoms with Crippen LogP contribution in [-0.4, -0.2) is 37.9 Å². The summed E-state index contributed by atoms with van der Waals surface area (Å²) in [5.41, 5.74) is 3.33. The summed E-state index contributed by atoms with van der Waals surface area (Å²) < 4.78 is 5.65. The Morgan fingerprint density at radius 1 is 1.31 bits per heavy atom. The summed E-state index contributed by atoms with van der Waals surface area (Å²) in [7, 11) is 1.77. The van der Waals surface area contributed by atoms with Gasteiger partial charge in [-0.3, -0.25) is 19.8 Å². The highest BCUT2D eigenvalue weighted by Crippen LogP contribution is 2.26. The normalized spacial score (nSPS) is 13.8. The third-order valence-corrected chi connectivity index (χ3v) is 4.57. The summed E-state index contributed by atoms with van der Waals surface area (Å²) in [4.78, 5) is 21.0. The van der Waals surface area contributed by atoms with Gasteiger partial charge in [0.2, 0.25) is 0 Å². The number of hydrogen-bond donors (Lipinski definition) is 1. The van der Waals surface area contributed by atoms with Gasteiger partial charge in [-0.15, -0.1) is 0 Å². The molecule has 134 valence electrons. The Morgan fingerprint density at radius 3 is 2.92 bits per heavy atom. The van der Waals surface area contributed by atoms with Crippen LogP contribution in [0.5, 0.6) is 0 Å². The van der Waals surface area contributed by atoms with E-state index in [4.69, 9.17) is 4.42 Å². The number of nitrogens with zero attached hydrogens (tertiary/aromatic N) is 4. The van der Waals surface area contributed by atoms with Crippen LogP contribution in [0, 0.1) is 6.92 Å². The highest BCUT2D eigenvalue weighted by molar-refractivity contribution is 5.93. The Morgan fingerprint density at radius 2 is 2.19 bits per heavy atom. The van der Waals surface area contributed by atoms with Crippen molar-refractivity contribution in [2.24, 2.45) is 0 Å². The van der Waals surface area contributed by atoms with Gasteiger partial charge in [0.25, 0.3) is 5.91 Å². The Balaban J connectivity index is 1.44. The topological polar surface area (TPSA) is 78.3 Å². The first-order chi connectivity index (χ1) is 12.6. The number of fused-ring (bicyclic) bond motifs is 1. The number of furan rings is 1. The number of nitrogens with one attached hydrogen (secondary N) is 1. The molecule has 0 fully saturated rings. The number of H-pyrrole nitrogens is 1. The molecule has 1 aliphatic heterocycles. The van der Waals surface area contributed by atoms with E-state index in [1.165, 1.54) is 0 Å². The molecule has 3 aromatic rings. The molecule has 0 unspecified atom stereocenters. The largest absolute Gasteiger partial charge is 0.465 e. The second-order valence-corrected chi connectivity index (χ2v) is 6.67. The fraction of sp³-hybridized carbons (Fsp3) is 0.316. The number of pyridine rings is 1. The van der Waals surface area contributed by atoms with Crippen LogP contribution in [0.1, 0.15) is 39.0 Å². The number of aryl methyl sites for hydroxylation is 1. The molecular weight excluding hydrogens is 330 g/mol. The van der Waals surface area contributed by atoms with Crippen LogP contribution in [-0.2, 0) is 26.2 Å². The zero-order chi connectivity index (χ0) is 18.1. The van der Waals surface area contributed by atoms with E-state index in [0.29, 0.717) is 25.3 Å². The van der Waals surface area contributed by atoms with Crippen molar-refractivity contribution < 1.29 is 9.21 Å². The lowest BCUT2D eigenvalue weighted by Crippen LogP contribution is -2.28. The molecule has 7 nitrogen and oxygen atoms in total. The first kappa shape index (κ1) is 16.5. The summed E-state index contributed by atoms with van der Waals surface area (Å²) in [6.07, 6.45) is 1.73. The third kappa shape index (κ3) is 3.25. The lowest BCUT2D eigenvalue weighted by Gasteiger charge is -2.17.